The quantitative estimate of drug-likeness (QED) is 0.784. The third-order valence-corrected chi connectivity index (χ3v) is 5.85. The van der Waals surface area contributed by atoms with Crippen LogP contribution in [0.4, 0.5) is 0 Å². The van der Waals surface area contributed by atoms with Crippen LogP contribution in [-0.2, 0) is 0 Å². The molecule has 1 amide bonds. The van der Waals surface area contributed by atoms with E-state index in [1.54, 1.807) is 6.07 Å². The van der Waals surface area contributed by atoms with E-state index in [-0.39, 0.29) is 5.91 Å². The predicted molar refractivity (Wildman–Crippen MR) is 104 cm³/mol. The van der Waals surface area contributed by atoms with Gasteiger partial charge in [0, 0.05) is 42.8 Å². The van der Waals surface area contributed by atoms with Crippen molar-refractivity contribution < 1.29 is 9.21 Å². The molecule has 1 saturated heterocycles. The molecule has 0 radical (unpaired) electrons. The second kappa shape index (κ2) is 7.85. The molecule has 0 N–H and O–H groups in total. The van der Waals surface area contributed by atoms with Crippen LogP contribution in [0.1, 0.15) is 42.7 Å². The highest BCUT2D eigenvalue weighted by Gasteiger charge is 2.28. The Labute approximate surface area is 159 Å². The highest BCUT2D eigenvalue weighted by molar-refractivity contribution is 6.30. The van der Waals surface area contributed by atoms with Gasteiger partial charge in [-0.3, -0.25) is 9.69 Å². The topological polar surface area (TPSA) is 36.7 Å². The average Bonchev–Trinajstić information content (AvgIpc) is 3.18. The maximum absolute atomic E-state index is 12.8. The highest BCUT2D eigenvalue weighted by Crippen LogP contribution is 2.26. The van der Waals surface area contributed by atoms with Gasteiger partial charge < -0.3 is 9.32 Å². The molecule has 0 spiro atoms. The first-order chi connectivity index (χ1) is 12.7. The molecular formula is C21H25ClN2O2. The van der Waals surface area contributed by atoms with Gasteiger partial charge in [-0.2, -0.15) is 0 Å². The van der Waals surface area contributed by atoms with Crippen LogP contribution in [0, 0.1) is 0 Å². The smallest absolute Gasteiger partial charge is 0.289 e. The molecule has 1 aliphatic heterocycles. The zero-order chi connectivity index (χ0) is 17.9. The molecule has 2 heterocycles. The molecule has 1 aromatic carbocycles. The Morgan fingerprint density at radius 2 is 1.77 bits per heavy atom. The molecule has 26 heavy (non-hydrogen) atoms. The Hall–Kier alpha value is -1.78. The third kappa shape index (κ3) is 3.81. The Morgan fingerprint density at radius 1 is 1.00 bits per heavy atom. The second-order valence-electron chi connectivity index (χ2n) is 7.29. The van der Waals surface area contributed by atoms with Crippen molar-refractivity contribution in [2.45, 2.75) is 38.1 Å². The number of rotatable bonds is 3. The number of carbonyl (C=O) groups is 1. The number of hydrogen-bond donors (Lipinski definition) is 0. The largest absolute Gasteiger partial charge is 0.451 e. The lowest BCUT2D eigenvalue weighted by atomic mass is 9.94. The molecule has 1 aliphatic carbocycles. The van der Waals surface area contributed by atoms with E-state index in [1.165, 1.54) is 32.1 Å². The normalized spacial score (nSPS) is 19.7. The lowest BCUT2D eigenvalue weighted by molar-refractivity contribution is 0.0498. The minimum atomic E-state index is -0.0124. The number of nitrogens with zero attached hydrogens (tertiary/aromatic N) is 2. The van der Waals surface area contributed by atoms with Gasteiger partial charge in [0.05, 0.1) is 0 Å². The van der Waals surface area contributed by atoms with Gasteiger partial charge in [-0.15, -0.1) is 0 Å². The molecule has 2 aromatic rings. The van der Waals surface area contributed by atoms with Crippen molar-refractivity contribution in [1.29, 1.82) is 0 Å². The summed E-state index contributed by atoms with van der Waals surface area (Å²) in [5.74, 6) is 1.07. The minimum absolute atomic E-state index is 0.0124. The molecule has 0 bridgehead atoms. The summed E-state index contributed by atoms with van der Waals surface area (Å²) in [5.41, 5.74) is 0.888. The fraction of sp³-hybridized carbons (Fsp3) is 0.476. The number of carbonyl (C=O) groups excluding carboxylic acids is 1. The maximum atomic E-state index is 12.8. The average molecular weight is 373 g/mol. The highest BCUT2D eigenvalue weighted by atomic mass is 35.5. The van der Waals surface area contributed by atoms with E-state index in [9.17, 15) is 4.79 Å². The molecule has 0 unspecified atom stereocenters. The van der Waals surface area contributed by atoms with Gasteiger partial charge >= 0.3 is 0 Å². The van der Waals surface area contributed by atoms with Crippen molar-refractivity contribution in [3.05, 3.63) is 47.2 Å². The van der Waals surface area contributed by atoms with Crippen LogP contribution in [0.5, 0.6) is 0 Å². The Bertz CT molecular complexity index is 759. The summed E-state index contributed by atoms with van der Waals surface area (Å²) in [5, 5.41) is 0.658. The number of halogens is 1. The molecule has 138 valence electrons. The van der Waals surface area contributed by atoms with E-state index < -0.39 is 0 Å². The standard InChI is InChI=1S/C21H25ClN2O2/c22-17-6-4-5-16(15-17)19-9-10-20(26-19)21(25)24-13-11-23(12-14-24)18-7-2-1-3-8-18/h4-6,9-10,15,18H,1-3,7-8,11-14H2. The van der Waals surface area contributed by atoms with Crippen LogP contribution < -0.4 is 0 Å². The number of benzene rings is 1. The molecule has 0 atom stereocenters. The lowest BCUT2D eigenvalue weighted by Gasteiger charge is -2.40. The molecular weight excluding hydrogens is 348 g/mol. The van der Waals surface area contributed by atoms with Gasteiger partial charge in [0.1, 0.15) is 5.76 Å². The summed E-state index contributed by atoms with van der Waals surface area (Å²) in [7, 11) is 0. The molecule has 5 heteroatoms. The van der Waals surface area contributed by atoms with Gasteiger partial charge in [-0.25, -0.2) is 0 Å². The van der Waals surface area contributed by atoms with Crippen molar-refractivity contribution in [3.63, 3.8) is 0 Å². The van der Waals surface area contributed by atoms with Gasteiger partial charge in [0.2, 0.25) is 0 Å². The lowest BCUT2D eigenvalue weighted by Crippen LogP contribution is -2.52. The van der Waals surface area contributed by atoms with Gasteiger partial charge in [-0.1, -0.05) is 43.0 Å². The van der Waals surface area contributed by atoms with Crippen molar-refractivity contribution in [2.75, 3.05) is 26.2 Å². The van der Waals surface area contributed by atoms with Crippen LogP contribution in [0.3, 0.4) is 0 Å². The summed E-state index contributed by atoms with van der Waals surface area (Å²) >= 11 is 6.04. The summed E-state index contributed by atoms with van der Waals surface area (Å²) in [6.45, 7) is 3.50. The SMILES string of the molecule is O=C(c1ccc(-c2cccc(Cl)c2)o1)N1CCN(C2CCCCC2)CC1. The van der Waals surface area contributed by atoms with Crippen molar-refractivity contribution in [1.82, 2.24) is 9.80 Å². The summed E-state index contributed by atoms with van der Waals surface area (Å²) in [6, 6.07) is 11.8. The van der Waals surface area contributed by atoms with E-state index in [2.05, 4.69) is 4.90 Å². The molecule has 2 aliphatic rings. The van der Waals surface area contributed by atoms with E-state index >= 15 is 0 Å². The fourth-order valence-corrected chi connectivity index (χ4v) is 4.33. The second-order valence-corrected chi connectivity index (χ2v) is 7.73. The van der Waals surface area contributed by atoms with Gasteiger partial charge in [-0.05, 0) is 37.1 Å². The molecule has 4 nitrogen and oxygen atoms in total. The van der Waals surface area contributed by atoms with Crippen LogP contribution in [0.15, 0.2) is 40.8 Å². The number of piperazine rings is 1. The Balaban J connectivity index is 1.38. The van der Waals surface area contributed by atoms with Crippen LogP contribution >= 0.6 is 11.6 Å². The number of hydrogen-bond acceptors (Lipinski definition) is 3. The Kier molecular flexibility index (Phi) is 5.32. The minimum Gasteiger partial charge on any atom is -0.451 e. The summed E-state index contributed by atoms with van der Waals surface area (Å²) in [6.07, 6.45) is 6.71. The molecule has 1 aromatic heterocycles. The van der Waals surface area contributed by atoms with Crippen LogP contribution in [-0.4, -0.2) is 47.9 Å². The van der Waals surface area contributed by atoms with E-state index in [0.717, 1.165) is 37.8 Å². The van der Waals surface area contributed by atoms with E-state index in [0.29, 0.717) is 16.5 Å². The monoisotopic (exact) mass is 372 g/mol. The van der Waals surface area contributed by atoms with Gasteiger partial charge in [0.25, 0.3) is 5.91 Å². The summed E-state index contributed by atoms with van der Waals surface area (Å²) in [4.78, 5) is 17.3. The number of furan rings is 1. The molecule has 2 fully saturated rings. The predicted octanol–water partition coefficient (Wildman–Crippen LogP) is 4.69. The van der Waals surface area contributed by atoms with Crippen molar-refractivity contribution >= 4 is 17.5 Å². The first-order valence-electron chi connectivity index (χ1n) is 9.60. The van der Waals surface area contributed by atoms with E-state index in [1.807, 2.05) is 35.2 Å². The van der Waals surface area contributed by atoms with Crippen LogP contribution in [0.25, 0.3) is 11.3 Å². The zero-order valence-corrected chi connectivity index (χ0v) is 15.8. The van der Waals surface area contributed by atoms with Gasteiger partial charge in [0.15, 0.2) is 5.76 Å². The molecule has 1 saturated carbocycles. The van der Waals surface area contributed by atoms with Crippen LogP contribution in [0.2, 0.25) is 5.02 Å². The van der Waals surface area contributed by atoms with E-state index in [4.69, 9.17) is 16.0 Å². The first kappa shape index (κ1) is 17.6. The van der Waals surface area contributed by atoms with Crippen molar-refractivity contribution in [2.24, 2.45) is 0 Å². The number of amides is 1. The molecule has 4 rings (SSSR count). The van der Waals surface area contributed by atoms with Crippen molar-refractivity contribution in [3.8, 4) is 11.3 Å². The fourth-order valence-electron chi connectivity index (χ4n) is 4.14. The zero-order valence-electron chi connectivity index (χ0n) is 15.0. The maximum Gasteiger partial charge on any atom is 0.289 e. The third-order valence-electron chi connectivity index (χ3n) is 5.62. The first-order valence-corrected chi connectivity index (χ1v) is 9.97. The Morgan fingerprint density at radius 3 is 2.50 bits per heavy atom. The summed E-state index contributed by atoms with van der Waals surface area (Å²) < 4.78 is 5.82.